The molecule has 0 saturated heterocycles. The maximum Gasteiger partial charge on any atom is 0.336 e. The second-order valence-electron chi connectivity index (χ2n) is 7.16. The number of carbonyl (C=O) groups is 1. The van der Waals surface area contributed by atoms with E-state index in [9.17, 15) is 9.90 Å². The number of nitrogens with zero attached hydrogens (tertiary/aromatic N) is 3. The molecule has 0 radical (unpaired) electrons. The van der Waals surface area contributed by atoms with Gasteiger partial charge in [0, 0.05) is 29.4 Å². The van der Waals surface area contributed by atoms with Crippen molar-refractivity contribution >= 4 is 39.9 Å². The molecule has 1 N–H and O–H groups in total. The average Bonchev–Trinajstić information content (AvgIpc) is 3.43. The van der Waals surface area contributed by atoms with Crippen LogP contribution in [0.25, 0.3) is 33.3 Å². The van der Waals surface area contributed by atoms with E-state index in [0.717, 1.165) is 39.8 Å². The Kier molecular flexibility index (Phi) is 4.69. The normalized spacial score (nSPS) is 15.6. The van der Waals surface area contributed by atoms with Crippen molar-refractivity contribution in [2.75, 3.05) is 13.1 Å². The van der Waals surface area contributed by atoms with Crippen LogP contribution in [0.4, 0.5) is 0 Å². The molecule has 1 aromatic carbocycles. The van der Waals surface area contributed by atoms with Gasteiger partial charge in [-0.25, -0.2) is 14.8 Å². The topological polar surface area (TPSA) is 79.5 Å². The molecule has 0 unspecified atom stereocenters. The largest absolute Gasteiger partial charge is 0.478 e. The van der Waals surface area contributed by atoms with E-state index in [2.05, 4.69) is 16.8 Å². The lowest BCUT2D eigenvalue weighted by Gasteiger charge is -2.30. The number of benzene rings is 1. The summed E-state index contributed by atoms with van der Waals surface area (Å²) in [7, 11) is 0. The van der Waals surface area contributed by atoms with Gasteiger partial charge in [0.25, 0.3) is 0 Å². The summed E-state index contributed by atoms with van der Waals surface area (Å²) in [5.41, 5.74) is 4.35. The molecule has 0 bridgehead atoms. The second kappa shape index (κ2) is 7.51. The van der Waals surface area contributed by atoms with E-state index in [1.54, 1.807) is 6.26 Å². The van der Waals surface area contributed by atoms with Crippen LogP contribution in [0.15, 0.2) is 52.5 Å². The van der Waals surface area contributed by atoms with Gasteiger partial charge in [-0.15, -0.1) is 11.3 Å². The Bertz CT molecular complexity index is 1270. The summed E-state index contributed by atoms with van der Waals surface area (Å²) in [6, 6.07) is 11.2. The summed E-state index contributed by atoms with van der Waals surface area (Å²) < 4.78 is 5.45. The summed E-state index contributed by atoms with van der Waals surface area (Å²) in [6.45, 7) is 4.16. The molecule has 3 aromatic heterocycles. The molecule has 0 spiro atoms. The molecule has 1 aliphatic heterocycles. The summed E-state index contributed by atoms with van der Waals surface area (Å²) in [5.74, 6) is -0.183. The molecule has 0 aliphatic carbocycles. The van der Waals surface area contributed by atoms with E-state index in [1.165, 1.54) is 11.3 Å². The Morgan fingerprint density at radius 2 is 2.10 bits per heavy atom. The number of carboxylic acid groups (broad SMARTS) is 1. The van der Waals surface area contributed by atoms with E-state index in [0.29, 0.717) is 29.6 Å². The van der Waals surface area contributed by atoms with E-state index in [1.807, 2.05) is 47.9 Å². The molecule has 0 atom stereocenters. The molecule has 30 heavy (non-hydrogen) atoms. The third kappa shape index (κ3) is 3.22. The number of rotatable bonds is 4. The molecule has 0 amide bonds. The van der Waals surface area contributed by atoms with Crippen LogP contribution in [0.3, 0.4) is 0 Å². The van der Waals surface area contributed by atoms with Crippen molar-refractivity contribution < 1.29 is 14.3 Å². The van der Waals surface area contributed by atoms with Crippen molar-refractivity contribution in [1.29, 1.82) is 0 Å². The van der Waals surface area contributed by atoms with Crippen LogP contribution in [-0.4, -0.2) is 39.0 Å². The minimum Gasteiger partial charge on any atom is -0.478 e. The molecule has 4 heterocycles. The fourth-order valence-corrected chi connectivity index (χ4v) is 4.64. The highest BCUT2D eigenvalue weighted by atomic mass is 32.1. The Hall–Kier alpha value is -3.29. The fraction of sp³-hybridized carbons (Fsp3) is 0.174. The van der Waals surface area contributed by atoms with Gasteiger partial charge in [0.1, 0.15) is 0 Å². The highest BCUT2D eigenvalue weighted by Gasteiger charge is 2.28. The Morgan fingerprint density at radius 3 is 2.87 bits per heavy atom. The predicted molar refractivity (Wildman–Crippen MR) is 117 cm³/mol. The number of para-hydroxylation sites is 1. The van der Waals surface area contributed by atoms with Gasteiger partial charge in [0.15, 0.2) is 10.8 Å². The van der Waals surface area contributed by atoms with Gasteiger partial charge in [0.05, 0.1) is 28.7 Å². The molecule has 4 aromatic rings. The number of carboxylic acids is 1. The van der Waals surface area contributed by atoms with Crippen molar-refractivity contribution in [3.05, 3.63) is 70.6 Å². The van der Waals surface area contributed by atoms with Crippen molar-refractivity contribution in [2.45, 2.75) is 13.5 Å². The van der Waals surface area contributed by atoms with Crippen molar-refractivity contribution in [1.82, 2.24) is 14.9 Å². The zero-order chi connectivity index (χ0) is 20.7. The van der Waals surface area contributed by atoms with Crippen molar-refractivity contribution in [3.8, 4) is 10.8 Å². The number of hydrogen-bond acceptors (Lipinski definition) is 6. The first-order chi connectivity index (χ1) is 14.6. The first-order valence-corrected chi connectivity index (χ1v) is 10.6. The lowest BCUT2D eigenvalue weighted by atomic mass is 9.92. The highest BCUT2D eigenvalue weighted by molar-refractivity contribution is 7.13. The van der Waals surface area contributed by atoms with Crippen LogP contribution in [0, 0.1) is 0 Å². The predicted octanol–water partition coefficient (Wildman–Crippen LogP) is 5.03. The molecule has 5 rings (SSSR count). The lowest BCUT2D eigenvalue weighted by molar-refractivity contribution is 0.0696. The average molecular weight is 417 g/mol. The minimum absolute atomic E-state index is 0.342. The third-order valence-corrected chi connectivity index (χ3v) is 6.19. The standard InChI is InChI=1S/C23H19N3O3S/c1-2-26-11-14(10-15-13-30-22(24-15)19-8-5-9-29-19)21-17(12-26)20(23(27)28)16-6-3-4-7-18(16)25-21/h3-10,13H,2,11-12H2,1H3,(H,27,28)/b14-10-. The summed E-state index contributed by atoms with van der Waals surface area (Å²) in [4.78, 5) is 24.0. The van der Waals surface area contributed by atoms with Gasteiger partial charge in [-0.2, -0.15) is 0 Å². The summed E-state index contributed by atoms with van der Waals surface area (Å²) >= 11 is 1.52. The Morgan fingerprint density at radius 1 is 1.23 bits per heavy atom. The van der Waals surface area contributed by atoms with E-state index >= 15 is 0 Å². The van der Waals surface area contributed by atoms with Gasteiger partial charge in [-0.05, 0) is 36.4 Å². The summed E-state index contributed by atoms with van der Waals surface area (Å²) in [5, 5.41) is 13.5. The zero-order valence-electron chi connectivity index (χ0n) is 16.3. The van der Waals surface area contributed by atoms with Gasteiger partial charge in [-0.1, -0.05) is 25.1 Å². The van der Waals surface area contributed by atoms with Crippen LogP contribution in [0.1, 0.15) is 34.2 Å². The van der Waals surface area contributed by atoms with Crippen LogP contribution in [0.5, 0.6) is 0 Å². The van der Waals surface area contributed by atoms with Crippen LogP contribution in [-0.2, 0) is 6.54 Å². The van der Waals surface area contributed by atoms with Gasteiger partial charge in [-0.3, -0.25) is 4.90 Å². The highest BCUT2D eigenvalue weighted by Crippen LogP contribution is 2.34. The summed E-state index contributed by atoms with van der Waals surface area (Å²) in [6.07, 6.45) is 3.64. The van der Waals surface area contributed by atoms with Crippen molar-refractivity contribution in [3.63, 3.8) is 0 Å². The molecule has 0 fully saturated rings. The van der Waals surface area contributed by atoms with Crippen LogP contribution < -0.4 is 0 Å². The van der Waals surface area contributed by atoms with E-state index in [4.69, 9.17) is 9.40 Å². The number of pyridine rings is 1. The molecule has 0 saturated carbocycles. The third-order valence-electron chi connectivity index (χ3n) is 5.31. The molecular weight excluding hydrogens is 398 g/mol. The van der Waals surface area contributed by atoms with Crippen LogP contribution in [0.2, 0.25) is 0 Å². The smallest absolute Gasteiger partial charge is 0.336 e. The van der Waals surface area contributed by atoms with E-state index < -0.39 is 5.97 Å². The number of aromatic nitrogens is 2. The molecular formula is C23H19N3O3S. The van der Waals surface area contributed by atoms with Gasteiger partial charge < -0.3 is 9.52 Å². The van der Waals surface area contributed by atoms with Gasteiger partial charge >= 0.3 is 5.97 Å². The number of aromatic carboxylic acids is 1. The van der Waals surface area contributed by atoms with Crippen LogP contribution >= 0.6 is 11.3 Å². The number of fused-ring (bicyclic) bond motifs is 2. The number of likely N-dealkylation sites (N-methyl/N-ethyl adjacent to an activating group) is 1. The molecule has 7 heteroatoms. The Labute approximate surface area is 177 Å². The van der Waals surface area contributed by atoms with Gasteiger partial charge in [0.2, 0.25) is 0 Å². The first-order valence-electron chi connectivity index (χ1n) is 9.71. The van der Waals surface area contributed by atoms with Crippen molar-refractivity contribution in [2.24, 2.45) is 0 Å². The SMILES string of the molecule is CCN1C/C(=C/c2csc(-c3ccco3)n2)c2nc3ccccc3c(C(=O)O)c2C1. The van der Waals surface area contributed by atoms with E-state index in [-0.39, 0.29) is 0 Å². The molecule has 6 nitrogen and oxygen atoms in total. The Balaban J connectivity index is 1.68. The first kappa shape index (κ1) is 18.7. The lowest BCUT2D eigenvalue weighted by Crippen LogP contribution is -2.31. The molecule has 150 valence electrons. The maximum atomic E-state index is 12.2. The number of furan rings is 1. The molecule has 1 aliphatic rings. The zero-order valence-corrected chi connectivity index (χ0v) is 17.1. The fourth-order valence-electron chi connectivity index (χ4n) is 3.89. The number of hydrogen-bond donors (Lipinski definition) is 1. The maximum absolute atomic E-state index is 12.2. The monoisotopic (exact) mass is 417 g/mol. The quantitative estimate of drug-likeness (QED) is 0.502. The minimum atomic E-state index is -0.920. The number of thiazole rings is 1. The second-order valence-corrected chi connectivity index (χ2v) is 8.02.